The van der Waals surface area contributed by atoms with Gasteiger partial charge in [0.25, 0.3) is 0 Å². The van der Waals surface area contributed by atoms with Gasteiger partial charge in [0.05, 0.1) is 5.25 Å². The van der Waals surface area contributed by atoms with Crippen LogP contribution in [0.3, 0.4) is 0 Å². The molecule has 3 heteroatoms. The van der Waals surface area contributed by atoms with Gasteiger partial charge in [-0.3, -0.25) is 4.79 Å². The Balaban J connectivity index is 2.52. The van der Waals surface area contributed by atoms with Crippen LogP contribution in [0.25, 0.3) is 0 Å². The zero-order valence-corrected chi connectivity index (χ0v) is 12.7. The van der Waals surface area contributed by atoms with Crippen molar-refractivity contribution in [1.29, 1.82) is 0 Å². The zero-order chi connectivity index (χ0) is 13.7. The van der Waals surface area contributed by atoms with E-state index in [1.807, 2.05) is 13.8 Å². The third kappa shape index (κ3) is 4.73. The Labute approximate surface area is 115 Å². The first-order valence-electron chi connectivity index (χ1n) is 6.44. The smallest absolute Gasteiger partial charge is 0.233 e. The number of carbonyl (C=O) groups is 1. The van der Waals surface area contributed by atoms with Crippen molar-refractivity contribution in [2.75, 3.05) is 0 Å². The van der Waals surface area contributed by atoms with Gasteiger partial charge in [0, 0.05) is 10.9 Å². The third-order valence-corrected chi connectivity index (χ3v) is 4.18. The summed E-state index contributed by atoms with van der Waals surface area (Å²) in [7, 11) is 0. The lowest BCUT2D eigenvalue weighted by molar-refractivity contribution is -0.121. The molecular formula is C15H23NOS. The van der Waals surface area contributed by atoms with Crippen molar-refractivity contribution in [3.8, 4) is 0 Å². The van der Waals surface area contributed by atoms with Gasteiger partial charge in [-0.15, -0.1) is 11.8 Å². The predicted octanol–water partition coefficient (Wildman–Crippen LogP) is 3.64. The average molecular weight is 265 g/mol. The summed E-state index contributed by atoms with van der Waals surface area (Å²) in [5.74, 6) is 0.576. The number of nitrogens with one attached hydrogen (secondary N) is 1. The molecular weight excluding hydrogens is 242 g/mol. The maximum atomic E-state index is 12.0. The van der Waals surface area contributed by atoms with Crippen molar-refractivity contribution in [3.63, 3.8) is 0 Å². The Morgan fingerprint density at radius 2 is 1.67 bits per heavy atom. The van der Waals surface area contributed by atoms with Crippen molar-refractivity contribution in [2.24, 2.45) is 5.92 Å². The molecule has 0 radical (unpaired) electrons. The van der Waals surface area contributed by atoms with E-state index in [9.17, 15) is 4.79 Å². The fourth-order valence-electron chi connectivity index (χ4n) is 1.38. The lowest BCUT2D eigenvalue weighted by Crippen LogP contribution is -2.40. The molecule has 0 saturated heterocycles. The van der Waals surface area contributed by atoms with Crippen molar-refractivity contribution in [2.45, 2.75) is 50.8 Å². The molecule has 0 aliphatic carbocycles. The summed E-state index contributed by atoms with van der Waals surface area (Å²) >= 11 is 1.60. The molecule has 1 aromatic rings. The molecule has 18 heavy (non-hydrogen) atoms. The number of benzene rings is 1. The minimum Gasteiger partial charge on any atom is -0.352 e. The van der Waals surface area contributed by atoms with Crippen molar-refractivity contribution in [1.82, 2.24) is 5.32 Å². The van der Waals surface area contributed by atoms with Crippen LogP contribution in [-0.2, 0) is 4.79 Å². The van der Waals surface area contributed by atoms with E-state index in [2.05, 4.69) is 50.4 Å². The van der Waals surface area contributed by atoms with Crippen LogP contribution < -0.4 is 5.32 Å². The number of aryl methyl sites for hydroxylation is 1. The molecule has 0 bridgehead atoms. The minimum atomic E-state index is -0.0612. The first-order valence-corrected chi connectivity index (χ1v) is 7.32. The van der Waals surface area contributed by atoms with Gasteiger partial charge in [-0.25, -0.2) is 0 Å². The highest BCUT2D eigenvalue weighted by molar-refractivity contribution is 8.00. The van der Waals surface area contributed by atoms with E-state index in [4.69, 9.17) is 0 Å². The summed E-state index contributed by atoms with van der Waals surface area (Å²) in [6.45, 7) is 10.3. The molecule has 2 atom stereocenters. The van der Waals surface area contributed by atoms with Gasteiger partial charge < -0.3 is 5.32 Å². The van der Waals surface area contributed by atoms with Crippen LogP contribution in [-0.4, -0.2) is 17.2 Å². The van der Waals surface area contributed by atoms with E-state index in [0.717, 1.165) is 4.90 Å². The van der Waals surface area contributed by atoms with Crippen molar-refractivity contribution in [3.05, 3.63) is 29.8 Å². The van der Waals surface area contributed by atoms with E-state index in [1.54, 1.807) is 11.8 Å². The van der Waals surface area contributed by atoms with Gasteiger partial charge in [0.1, 0.15) is 0 Å². The highest BCUT2D eigenvalue weighted by atomic mass is 32.2. The van der Waals surface area contributed by atoms with E-state index < -0.39 is 0 Å². The molecule has 0 aliphatic heterocycles. The van der Waals surface area contributed by atoms with E-state index in [1.165, 1.54) is 5.56 Å². The van der Waals surface area contributed by atoms with Gasteiger partial charge in [-0.05, 0) is 38.8 Å². The third-order valence-electron chi connectivity index (χ3n) is 3.07. The normalized spacial score (nSPS) is 14.3. The van der Waals surface area contributed by atoms with Crippen molar-refractivity contribution < 1.29 is 4.79 Å². The fraction of sp³-hybridized carbons (Fsp3) is 0.533. The quantitative estimate of drug-likeness (QED) is 0.824. The molecule has 0 heterocycles. The number of carbonyl (C=O) groups excluding carboxylic acids is 1. The SMILES string of the molecule is Cc1ccc(S[C@H](C)C(=O)N[C@@H](C)C(C)C)cc1. The van der Waals surface area contributed by atoms with Crippen molar-refractivity contribution >= 4 is 17.7 Å². The lowest BCUT2D eigenvalue weighted by Gasteiger charge is -2.20. The lowest BCUT2D eigenvalue weighted by atomic mass is 10.1. The molecule has 1 aromatic carbocycles. The molecule has 0 aromatic heterocycles. The van der Waals surface area contributed by atoms with Crippen LogP contribution in [0.4, 0.5) is 0 Å². The molecule has 1 amide bonds. The fourth-order valence-corrected chi connectivity index (χ4v) is 2.26. The maximum absolute atomic E-state index is 12.0. The van der Waals surface area contributed by atoms with Crippen LogP contribution in [0.1, 0.15) is 33.3 Å². The average Bonchev–Trinajstić information content (AvgIpc) is 2.31. The molecule has 1 rings (SSSR count). The highest BCUT2D eigenvalue weighted by Gasteiger charge is 2.17. The van der Waals surface area contributed by atoms with Gasteiger partial charge in [-0.1, -0.05) is 31.5 Å². The summed E-state index contributed by atoms with van der Waals surface area (Å²) in [4.78, 5) is 13.1. The van der Waals surface area contributed by atoms with Crippen LogP contribution in [0.5, 0.6) is 0 Å². The number of amides is 1. The summed E-state index contributed by atoms with van der Waals surface area (Å²) in [6, 6.07) is 8.50. The standard InChI is InChI=1S/C15H23NOS/c1-10(2)12(4)16-15(17)13(5)18-14-8-6-11(3)7-9-14/h6-10,12-13H,1-5H3,(H,16,17)/t12-,13+/m0/s1. The molecule has 0 aliphatic rings. The second kappa shape index (κ2) is 6.83. The maximum Gasteiger partial charge on any atom is 0.233 e. The van der Waals surface area contributed by atoms with Crippen LogP contribution in [0.15, 0.2) is 29.2 Å². The molecule has 0 fully saturated rings. The number of rotatable bonds is 5. The Hall–Kier alpha value is -0.960. The number of hydrogen-bond donors (Lipinski definition) is 1. The minimum absolute atomic E-state index is 0.0612. The number of hydrogen-bond acceptors (Lipinski definition) is 2. The Bertz CT molecular complexity index is 386. The summed E-state index contributed by atoms with van der Waals surface area (Å²) < 4.78 is 0. The first-order chi connectivity index (χ1) is 8.40. The molecule has 1 N–H and O–H groups in total. The molecule has 0 saturated carbocycles. The number of thioether (sulfide) groups is 1. The second-order valence-corrected chi connectivity index (χ2v) is 6.53. The zero-order valence-electron chi connectivity index (χ0n) is 11.9. The Kier molecular flexibility index (Phi) is 5.73. The van der Waals surface area contributed by atoms with E-state index in [0.29, 0.717) is 5.92 Å². The summed E-state index contributed by atoms with van der Waals surface area (Å²) in [6.07, 6.45) is 0. The van der Waals surface area contributed by atoms with Gasteiger partial charge in [0.15, 0.2) is 0 Å². The van der Waals surface area contributed by atoms with E-state index >= 15 is 0 Å². The van der Waals surface area contributed by atoms with Crippen LogP contribution in [0.2, 0.25) is 0 Å². The molecule has 0 spiro atoms. The topological polar surface area (TPSA) is 29.1 Å². The first kappa shape index (κ1) is 15.1. The van der Waals surface area contributed by atoms with Crippen LogP contribution >= 0.6 is 11.8 Å². The van der Waals surface area contributed by atoms with Crippen LogP contribution in [0, 0.1) is 12.8 Å². The van der Waals surface area contributed by atoms with Gasteiger partial charge in [-0.2, -0.15) is 0 Å². The van der Waals surface area contributed by atoms with E-state index in [-0.39, 0.29) is 17.2 Å². The van der Waals surface area contributed by atoms with Gasteiger partial charge >= 0.3 is 0 Å². The largest absolute Gasteiger partial charge is 0.352 e. The molecule has 2 nitrogen and oxygen atoms in total. The van der Waals surface area contributed by atoms with Gasteiger partial charge in [0.2, 0.25) is 5.91 Å². The Morgan fingerprint density at radius 1 is 1.11 bits per heavy atom. The highest BCUT2D eigenvalue weighted by Crippen LogP contribution is 2.23. The molecule has 0 unspecified atom stereocenters. The predicted molar refractivity (Wildman–Crippen MR) is 78.9 cm³/mol. The second-order valence-electron chi connectivity index (χ2n) is 5.11. The Morgan fingerprint density at radius 3 is 2.17 bits per heavy atom. The summed E-state index contributed by atoms with van der Waals surface area (Å²) in [5.41, 5.74) is 1.24. The summed E-state index contributed by atoms with van der Waals surface area (Å²) in [5, 5.41) is 2.99. The molecule has 100 valence electrons. The monoisotopic (exact) mass is 265 g/mol.